The van der Waals surface area contributed by atoms with Crippen molar-refractivity contribution in [3.05, 3.63) is 175 Å². The van der Waals surface area contributed by atoms with Gasteiger partial charge in [0.25, 0.3) is 0 Å². The third kappa shape index (κ3) is 5.15. The zero-order valence-electron chi connectivity index (χ0n) is 32.3. The van der Waals surface area contributed by atoms with Crippen molar-refractivity contribution in [3.63, 3.8) is 0 Å². The summed E-state index contributed by atoms with van der Waals surface area (Å²) in [6, 6.07) is 59.5. The normalized spacial score (nSPS) is 11.7. The lowest BCUT2D eigenvalue weighted by atomic mass is 10.00. The van der Waals surface area contributed by atoms with E-state index in [1.807, 2.05) is 19.9 Å². The zero-order valence-corrected chi connectivity index (χ0v) is 32.3. The number of nitrogens with zero attached hydrogens (tertiary/aromatic N) is 3. The Balaban J connectivity index is 0.00000190. The largest absolute Gasteiger partial charge is 0.456 e. The molecule has 0 atom stereocenters. The monoisotopic (exact) mass is 750 g/mol. The van der Waals surface area contributed by atoms with Crippen molar-refractivity contribution in [1.29, 1.82) is 0 Å². The Morgan fingerprint density at radius 2 is 1.19 bits per heavy atom. The highest BCUT2D eigenvalue weighted by Crippen LogP contribution is 2.41. The van der Waals surface area contributed by atoms with Crippen LogP contribution in [0.25, 0.3) is 99.7 Å². The van der Waals surface area contributed by atoms with Gasteiger partial charge in [-0.05, 0) is 96.4 Å². The van der Waals surface area contributed by atoms with Crippen LogP contribution < -0.4 is 5.32 Å². The molecule has 0 unspecified atom stereocenters. The summed E-state index contributed by atoms with van der Waals surface area (Å²) < 4.78 is 17.6. The molecule has 8 aromatic carbocycles. The molecule has 0 saturated heterocycles. The van der Waals surface area contributed by atoms with Crippen LogP contribution in [0.5, 0.6) is 0 Å². The minimum absolute atomic E-state index is 0.830. The van der Waals surface area contributed by atoms with Gasteiger partial charge < -0.3 is 14.2 Å². The predicted molar refractivity (Wildman–Crippen MR) is 241 cm³/mol. The predicted octanol–water partition coefficient (Wildman–Crippen LogP) is 14.6. The fourth-order valence-corrected chi connectivity index (χ4v) is 8.64. The topological polar surface area (TPSA) is 60.5 Å². The van der Waals surface area contributed by atoms with E-state index in [-0.39, 0.29) is 0 Å². The van der Waals surface area contributed by atoms with E-state index in [1.54, 1.807) is 0 Å². The lowest BCUT2D eigenvalue weighted by molar-refractivity contribution is 0.668. The van der Waals surface area contributed by atoms with Crippen molar-refractivity contribution >= 4 is 83.1 Å². The first-order chi connectivity index (χ1) is 28.7. The van der Waals surface area contributed by atoms with E-state index in [0.29, 0.717) is 0 Å². The molecule has 1 N–H and O–H groups in total. The molecule has 58 heavy (non-hydrogen) atoms. The van der Waals surface area contributed by atoms with Gasteiger partial charge in [0.2, 0.25) is 5.78 Å². The standard InChI is InChI=1S/C50H32N4O2.C2H6/c1-30-11-8-12-33(27-30)34-13-2-3-15-38(34)51-40-17-9-14-35-36-28-31(23-25-45(36)56-49(35)40)32-24-26-46-37(29-32)48-44(21-10-22-47(48)55-46)54-43-20-7-6-19-42(43)53-41-18-5-4-16-39(41)52-50(53)54;1-2/h2-29,51H,1H3;1-2H3. The minimum atomic E-state index is 0.830. The summed E-state index contributed by atoms with van der Waals surface area (Å²) in [7, 11) is 0. The second-order valence-electron chi connectivity index (χ2n) is 14.6. The number of para-hydroxylation sites is 6. The summed E-state index contributed by atoms with van der Waals surface area (Å²) in [5.74, 6) is 0.871. The second-order valence-corrected chi connectivity index (χ2v) is 14.6. The van der Waals surface area contributed by atoms with Gasteiger partial charge in [0.15, 0.2) is 5.58 Å². The van der Waals surface area contributed by atoms with Crippen molar-refractivity contribution < 1.29 is 8.83 Å². The molecular formula is C52H38N4O2. The van der Waals surface area contributed by atoms with E-state index >= 15 is 0 Å². The van der Waals surface area contributed by atoms with E-state index in [9.17, 15) is 0 Å². The van der Waals surface area contributed by atoms with Crippen LogP contribution >= 0.6 is 0 Å². The van der Waals surface area contributed by atoms with E-state index in [2.05, 4.69) is 185 Å². The quantitative estimate of drug-likeness (QED) is 0.190. The molecule has 0 bridgehead atoms. The van der Waals surface area contributed by atoms with E-state index < -0.39 is 0 Å². The van der Waals surface area contributed by atoms with Crippen LogP contribution in [-0.2, 0) is 0 Å². The van der Waals surface area contributed by atoms with Crippen molar-refractivity contribution in [3.8, 4) is 27.9 Å². The van der Waals surface area contributed by atoms with Gasteiger partial charge in [0, 0.05) is 27.4 Å². The lowest BCUT2D eigenvalue weighted by Crippen LogP contribution is -1.95. The highest BCUT2D eigenvalue weighted by atomic mass is 16.3. The van der Waals surface area contributed by atoms with Crippen LogP contribution in [0.4, 0.5) is 11.4 Å². The Hall–Kier alpha value is -7.57. The highest BCUT2D eigenvalue weighted by Gasteiger charge is 2.21. The maximum absolute atomic E-state index is 6.59. The van der Waals surface area contributed by atoms with Gasteiger partial charge in [-0.1, -0.05) is 116 Å². The number of hydrogen-bond donors (Lipinski definition) is 1. The summed E-state index contributed by atoms with van der Waals surface area (Å²) in [6.07, 6.45) is 0. The average Bonchev–Trinajstić information content (AvgIpc) is 4.03. The Bertz CT molecular complexity index is 3540. The molecule has 0 radical (unpaired) electrons. The number of nitrogens with one attached hydrogen (secondary N) is 1. The number of hydrogen-bond acceptors (Lipinski definition) is 4. The first-order valence-electron chi connectivity index (χ1n) is 19.9. The number of aryl methyl sites for hydroxylation is 1. The molecule has 0 spiro atoms. The molecule has 4 aromatic heterocycles. The van der Waals surface area contributed by atoms with Crippen molar-refractivity contribution in [1.82, 2.24) is 14.0 Å². The number of fused-ring (bicyclic) bond motifs is 11. The second kappa shape index (κ2) is 13.3. The molecule has 6 nitrogen and oxygen atoms in total. The Kier molecular flexibility index (Phi) is 7.73. The summed E-state index contributed by atoms with van der Waals surface area (Å²) in [5, 5.41) is 7.94. The SMILES string of the molecule is CC.Cc1cccc(-c2ccccc2Nc2cccc3c2oc2ccc(-c4ccc5oc6cccc(-n7c8ccccc8n8c9ccccc9nc78)c6c5c4)cc23)c1. The molecule has 12 rings (SSSR count). The third-order valence-electron chi connectivity index (χ3n) is 11.2. The third-order valence-corrected chi connectivity index (χ3v) is 11.2. The fraction of sp³-hybridized carbons (Fsp3) is 0.0577. The Labute approximate surface area is 334 Å². The number of anilines is 2. The number of imidazole rings is 2. The molecule has 0 saturated carbocycles. The highest BCUT2D eigenvalue weighted by molar-refractivity contribution is 6.13. The van der Waals surface area contributed by atoms with Crippen LogP contribution in [0.2, 0.25) is 0 Å². The smallest absolute Gasteiger partial charge is 0.220 e. The molecule has 0 amide bonds. The number of furan rings is 2. The maximum Gasteiger partial charge on any atom is 0.220 e. The Morgan fingerprint density at radius 3 is 2.03 bits per heavy atom. The van der Waals surface area contributed by atoms with Crippen LogP contribution in [0.15, 0.2) is 179 Å². The summed E-state index contributed by atoms with van der Waals surface area (Å²) in [5.41, 5.74) is 16.3. The van der Waals surface area contributed by atoms with Gasteiger partial charge in [0.05, 0.1) is 38.8 Å². The number of aromatic nitrogens is 3. The van der Waals surface area contributed by atoms with Crippen LogP contribution in [0.3, 0.4) is 0 Å². The molecule has 12 aromatic rings. The average molecular weight is 751 g/mol. The molecule has 4 heterocycles. The van der Waals surface area contributed by atoms with Gasteiger partial charge in [-0.3, -0.25) is 8.97 Å². The molecule has 6 heteroatoms. The fourth-order valence-electron chi connectivity index (χ4n) is 8.64. The van der Waals surface area contributed by atoms with Gasteiger partial charge in [-0.2, -0.15) is 0 Å². The number of benzene rings is 8. The van der Waals surface area contributed by atoms with Crippen molar-refractivity contribution in [2.45, 2.75) is 20.8 Å². The minimum Gasteiger partial charge on any atom is -0.456 e. The summed E-state index contributed by atoms with van der Waals surface area (Å²) >= 11 is 0. The van der Waals surface area contributed by atoms with Gasteiger partial charge >= 0.3 is 0 Å². The van der Waals surface area contributed by atoms with Gasteiger partial charge in [0.1, 0.15) is 16.7 Å². The number of rotatable bonds is 5. The van der Waals surface area contributed by atoms with Gasteiger partial charge in [-0.15, -0.1) is 0 Å². The van der Waals surface area contributed by atoms with E-state index in [4.69, 9.17) is 13.8 Å². The summed E-state index contributed by atoms with van der Waals surface area (Å²) in [6.45, 7) is 6.13. The zero-order chi connectivity index (χ0) is 38.9. The first-order valence-corrected chi connectivity index (χ1v) is 19.9. The van der Waals surface area contributed by atoms with E-state index in [1.165, 1.54) is 11.1 Å². The van der Waals surface area contributed by atoms with E-state index in [0.717, 1.165) is 105 Å². The van der Waals surface area contributed by atoms with Crippen LogP contribution in [-0.4, -0.2) is 14.0 Å². The maximum atomic E-state index is 6.59. The van der Waals surface area contributed by atoms with Crippen molar-refractivity contribution in [2.75, 3.05) is 5.32 Å². The Morgan fingerprint density at radius 1 is 0.500 bits per heavy atom. The van der Waals surface area contributed by atoms with Crippen molar-refractivity contribution in [2.24, 2.45) is 0 Å². The first kappa shape index (κ1) is 33.7. The van der Waals surface area contributed by atoms with Gasteiger partial charge in [-0.25, -0.2) is 4.98 Å². The molecule has 0 aliphatic carbocycles. The molecule has 0 aliphatic rings. The molecule has 278 valence electrons. The van der Waals surface area contributed by atoms with Crippen LogP contribution in [0, 0.1) is 6.92 Å². The lowest BCUT2D eigenvalue weighted by Gasteiger charge is -2.13. The molecular weight excluding hydrogens is 713 g/mol. The summed E-state index contributed by atoms with van der Waals surface area (Å²) in [4.78, 5) is 5.15. The molecule has 0 aliphatic heterocycles. The van der Waals surface area contributed by atoms with Crippen LogP contribution in [0.1, 0.15) is 19.4 Å². The molecule has 0 fully saturated rings.